The summed E-state index contributed by atoms with van der Waals surface area (Å²) >= 11 is 0. The van der Waals surface area contributed by atoms with Gasteiger partial charge in [0.15, 0.2) is 23.0 Å². The van der Waals surface area contributed by atoms with E-state index in [4.69, 9.17) is 19.3 Å². The summed E-state index contributed by atoms with van der Waals surface area (Å²) in [5, 5.41) is 26.6. The maximum absolute atomic E-state index is 9.52. The zero-order valence-corrected chi connectivity index (χ0v) is 14.2. The number of rotatable bonds is 6. The smallest absolute Gasteiger partial charge is 0.160 e. The van der Waals surface area contributed by atoms with E-state index >= 15 is 0 Å². The van der Waals surface area contributed by atoms with E-state index in [0.717, 1.165) is 11.1 Å². The normalized spacial score (nSPS) is 9.83. The molecule has 24 heavy (non-hydrogen) atoms. The van der Waals surface area contributed by atoms with Gasteiger partial charge in [0.1, 0.15) is 0 Å². The lowest BCUT2D eigenvalue weighted by Crippen LogP contribution is -1.96. The van der Waals surface area contributed by atoms with E-state index in [1.54, 1.807) is 43.3 Å². The third-order valence-electron chi connectivity index (χ3n) is 3.03. The second-order valence-electron chi connectivity index (χ2n) is 4.82. The molecule has 2 rings (SSSR count). The van der Waals surface area contributed by atoms with E-state index in [1.807, 2.05) is 0 Å². The van der Waals surface area contributed by atoms with E-state index in [9.17, 15) is 10.2 Å². The molecule has 0 radical (unpaired) electrons. The Labute approximate surface area is 141 Å². The molecule has 0 fully saturated rings. The van der Waals surface area contributed by atoms with Gasteiger partial charge in [0.2, 0.25) is 0 Å². The van der Waals surface area contributed by atoms with Crippen molar-refractivity contribution in [1.82, 2.24) is 0 Å². The maximum atomic E-state index is 9.52. The topological polar surface area (TPSA) is 88.4 Å². The Hall–Kier alpha value is -2.44. The van der Waals surface area contributed by atoms with Gasteiger partial charge in [-0.1, -0.05) is 12.1 Å². The summed E-state index contributed by atoms with van der Waals surface area (Å²) in [7, 11) is 3.00. The van der Waals surface area contributed by atoms with Crippen molar-refractivity contribution in [1.29, 1.82) is 0 Å². The number of ether oxygens (including phenoxy) is 3. The van der Waals surface area contributed by atoms with Crippen LogP contribution in [-0.4, -0.2) is 36.1 Å². The van der Waals surface area contributed by atoms with Gasteiger partial charge in [-0.2, -0.15) is 0 Å². The van der Waals surface area contributed by atoms with Crippen LogP contribution in [0.3, 0.4) is 0 Å². The van der Waals surface area contributed by atoms with E-state index < -0.39 is 0 Å². The number of aliphatic hydroxyl groups is 1. The Morgan fingerprint density at radius 2 is 1.17 bits per heavy atom. The zero-order chi connectivity index (χ0) is 17.9. The average Bonchev–Trinajstić information content (AvgIpc) is 2.58. The number of hydrogen-bond acceptors (Lipinski definition) is 6. The molecular weight excluding hydrogens is 312 g/mol. The molecule has 0 heterocycles. The molecule has 0 amide bonds. The van der Waals surface area contributed by atoms with Gasteiger partial charge in [-0.25, -0.2) is 0 Å². The van der Waals surface area contributed by atoms with Crippen molar-refractivity contribution in [2.24, 2.45) is 0 Å². The minimum atomic E-state index is 0.101. The predicted molar refractivity (Wildman–Crippen MR) is 90.6 cm³/mol. The monoisotopic (exact) mass is 336 g/mol. The number of phenols is 2. The molecule has 6 heteroatoms. The van der Waals surface area contributed by atoms with Gasteiger partial charge in [0.25, 0.3) is 0 Å². The lowest BCUT2D eigenvalue weighted by Gasteiger charge is -2.09. The van der Waals surface area contributed by atoms with Crippen molar-refractivity contribution in [3.8, 4) is 23.0 Å². The predicted octanol–water partition coefficient (Wildman–Crippen LogP) is 2.83. The second kappa shape index (κ2) is 10.4. The molecular formula is C18H24O6. The molecule has 0 spiro atoms. The van der Waals surface area contributed by atoms with E-state index in [1.165, 1.54) is 14.2 Å². The van der Waals surface area contributed by atoms with Gasteiger partial charge in [-0.3, -0.25) is 0 Å². The van der Waals surface area contributed by atoms with Crippen LogP contribution in [0.25, 0.3) is 0 Å². The van der Waals surface area contributed by atoms with Crippen molar-refractivity contribution < 1.29 is 29.5 Å². The van der Waals surface area contributed by atoms with Crippen LogP contribution in [0.4, 0.5) is 0 Å². The average molecular weight is 336 g/mol. The fourth-order valence-corrected chi connectivity index (χ4v) is 1.91. The quantitative estimate of drug-likeness (QED) is 0.752. The Morgan fingerprint density at radius 3 is 1.50 bits per heavy atom. The molecule has 0 aliphatic carbocycles. The molecule has 0 aliphatic rings. The van der Waals surface area contributed by atoms with Crippen LogP contribution < -0.4 is 9.47 Å². The number of benzene rings is 2. The molecule has 2 aromatic rings. The van der Waals surface area contributed by atoms with Gasteiger partial charge >= 0.3 is 0 Å². The van der Waals surface area contributed by atoms with Crippen molar-refractivity contribution in [2.75, 3.05) is 20.8 Å². The Bertz CT molecular complexity index is 573. The standard InChI is InChI=1S/C16H18O5.C2H6O/c1-19-15-7-11(3-5-13(15)17)9-21-10-12-4-6-14(18)16(8-12)20-2;1-2-3/h3-8,17-18H,9-10H2,1-2H3;3H,2H2,1H3. The first-order chi connectivity index (χ1) is 11.5. The largest absolute Gasteiger partial charge is 0.504 e. The molecule has 0 saturated carbocycles. The Morgan fingerprint density at radius 1 is 0.792 bits per heavy atom. The van der Waals surface area contributed by atoms with Crippen LogP contribution in [0, 0.1) is 0 Å². The summed E-state index contributed by atoms with van der Waals surface area (Å²) in [5.41, 5.74) is 1.80. The lowest BCUT2D eigenvalue weighted by atomic mass is 10.2. The Balaban J connectivity index is 0.000000891. The highest BCUT2D eigenvalue weighted by molar-refractivity contribution is 5.42. The second-order valence-corrected chi connectivity index (χ2v) is 4.82. The van der Waals surface area contributed by atoms with E-state index in [-0.39, 0.29) is 18.1 Å². The molecule has 0 bridgehead atoms. The van der Waals surface area contributed by atoms with Crippen LogP contribution in [0.1, 0.15) is 18.1 Å². The number of aromatic hydroxyl groups is 2. The Kier molecular flexibility index (Phi) is 8.46. The molecule has 0 aliphatic heterocycles. The highest BCUT2D eigenvalue weighted by atomic mass is 16.5. The minimum absolute atomic E-state index is 0.101. The first kappa shape index (κ1) is 19.6. The van der Waals surface area contributed by atoms with Crippen molar-refractivity contribution in [3.63, 3.8) is 0 Å². The number of methoxy groups -OCH3 is 2. The van der Waals surface area contributed by atoms with Crippen molar-refractivity contribution in [3.05, 3.63) is 47.5 Å². The number of aliphatic hydroxyl groups excluding tert-OH is 1. The van der Waals surface area contributed by atoms with Crippen LogP contribution in [0.5, 0.6) is 23.0 Å². The van der Waals surface area contributed by atoms with Crippen LogP contribution in [0.15, 0.2) is 36.4 Å². The van der Waals surface area contributed by atoms with Gasteiger partial charge in [0, 0.05) is 6.61 Å². The molecule has 0 atom stereocenters. The molecule has 3 N–H and O–H groups in total. The number of hydrogen-bond donors (Lipinski definition) is 3. The summed E-state index contributed by atoms with van der Waals surface area (Å²) in [6, 6.07) is 10.1. The summed E-state index contributed by atoms with van der Waals surface area (Å²) in [5.74, 6) is 1.04. The molecule has 0 unspecified atom stereocenters. The van der Waals surface area contributed by atoms with Gasteiger partial charge in [-0.05, 0) is 42.3 Å². The van der Waals surface area contributed by atoms with Gasteiger partial charge in [0.05, 0.1) is 27.4 Å². The van der Waals surface area contributed by atoms with Crippen LogP contribution in [0.2, 0.25) is 0 Å². The fraction of sp³-hybridized carbons (Fsp3) is 0.333. The SMILES string of the molecule is CCO.COc1cc(COCc2ccc(O)c(OC)c2)ccc1O. The molecule has 6 nitrogen and oxygen atoms in total. The first-order valence-electron chi connectivity index (χ1n) is 7.46. The molecule has 0 saturated heterocycles. The number of phenolic OH excluding ortho intramolecular Hbond substituents is 2. The summed E-state index contributed by atoms with van der Waals surface area (Å²) < 4.78 is 15.7. The summed E-state index contributed by atoms with van der Waals surface area (Å²) in [4.78, 5) is 0. The summed E-state index contributed by atoms with van der Waals surface area (Å²) in [6.45, 7) is 2.71. The van der Waals surface area contributed by atoms with Crippen molar-refractivity contribution in [2.45, 2.75) is 20.1 Å². The first-order valence-corrected chi connectivity index (χ1v) is 7.46. The fourth-order valence-electron chi connectivity index (χ4n) is 1.91. The third-order valence-corrected chi connectivity index (χ3v) is 3.03. The van der Waals surface area contributed by atoms with Gasteiger partial charge in [-0.15, -0.1) is 0 Å². The lowest BCUT2D eigenvalue weighted by molar-refractivity contribution is 0.107. The van der Waals surface area contributed by atoms with Gasteiger partial charge < -0.3 is 29.5 Å². The summed E-state index contributed by atoms with van der Waals surface area (Å²) in [6.07, 6.45) is 0. The molecule has 2 aromatic carbocycles. The highest BCUT2D eigenvalue weighted by Gasteiger charge is 2.05. The maximum Gasteiger partial charge on any atom is 0.160 e. The van der Waals surface area contributed by atoms with Crippen molar-refractivity contribution >= 4 is 0 Å². The van der Waals surface area contributed by atoms with E-state index in [0.29, 0.717) is 24.7 Å². The highest BCUT2D eigenvalue weighted by Crippen LogP contribution is 2.28. The molecule has 0 aromatic heterocycles. The zero-order valence-electron chi connectivity index (χ0n) is 14.2. The van der Waals surface area contributed by atoms with E-state index in [2.05, 4.69) is 0 Å². The van der Waals surface area contributed by atoms with Crippen LogP contribution in [-0.2, 0) is 18.0 Å². The van der Waals surface area contributed by atoms with Crippen LogP contribution >= 0.6 is 0 Å². The molecule has 132 valence electrons. The third kappa shape index (κ3) is 5.98. The minimum Gasteiger partial charge on any atom is -0.504 e.